The topological polar surface area (TPSA) is 80.6 Å². The van der Waals surface area contributed by atoms with Gasteiger partial charge in [-0.3, -0.25) is 9.36 Å². The largest absolute Gasteiger partial charge is 0.453 e. The van der Waals surface area contributed by atoms with E-state index in [1.165, 1.54) is 24.4 Å². The number of thioether (sulfide) groups is 1. The number of carbonyl (C=O) groups is 2. The Hall–Kier alpha value is -2.55. The van der Waals surface area contributed by atoms with Crippen LogP contribution >= 0.6 is 11.8 Å². The average molecular weight is 418 g/mol. The third-order valence-electron chi connectivity index (χ3n) is 4.96. The van der Waals surface area contributed by atoms with Gasteiger partial charge in [-0.05, 0) is 30.0 Å². The first-order valence-corrected chi connectivity index (χ1v) is 10.7. The minimum Gasteiger partial charge on any atom is -0.453 e. The SMILES string of the molecule is COC(=O)N1CCCN(C(=O)CSc2nncn2-c2ccc(C(C)C)cc2)CC1. The zero-order valence-electron chi connectivity index (χ0n) is 17.1. The van der Waals surface area contributed by atoms with Crippen LogP contribution < -0.4 is 0 Å². The summed E-state index contributed by atoms with van der Waals surface area (Å²) in [4.78, 5) is 27.8. The summed E-state index contributed by atoms with van der Waals surface area (Å²) in [5.41, 5.74) is 2.24. The van der Waals surface area contributed by atoms with E-state index in [0.29, 0.717) is 37.3 Å². The van der Waals surface area contributed by atoms with E-state index in [-0.39, 0.29) is 17.8 Å². The van der Waals surface area contributed by atoms with Crippen molar-refractivity contribution in [2.45, 2.75) is 31.3 Å². The van der Waals surface area contributed by atoms with Gasteiger partial charge in [0.2, 0.25) is 5.91 Å². The third kappa shape index (κ3) is 5.29. The fourth-order valence-electron chi connectivity index (χ4n) is 3.22. The lowest BCUT2D eigenvalue weighted by atomic mass is 10.0. The minimum absolute atomic E-state index is 0.0337. The van der Waals surface area contributed by atoms with Crippen molar-refractivity contribution in [2.75, 3.05) is 39.0 Å². The molecule has 0 atom stereocenters. The van der Waals surface area contributed by atoms with E-state index < -0.39 is 0 Å². The number of carbonyl (C=O) groups excluding carboxylic acids is 2. The van der Waals surface area contributed by atoms with Crippen molar-refractivity contribution in [2.24, 2.45) is 0 Å². The van der Waals surface area contributed by atoms with Crippen molar-refractivity contribution in [1.29, 1.82) is 0 Å². The van der Waals surface area contributed by atoms with Crippen LogP contribution in [0, 0.1) is 0 Å². The van der Waals surface area contributed by atoms with Gasteiger partial charge in [0.25, 0.3) is 0 Å². The molecular formula is C20H27N5O3S. The fourth-order valence-corrected chi connectivity index (χ4v) is 4.05. The third-order valence-corrected chi connectivity index (χ3v) is 5.89. The highest BCUT2D eigenvalue weighted by Gasteiger charge is 2.23. The number of methoxy groups -OCH3 is 1. The number of benzene rings is 1. The molecule has 29 heavy (non-hydrogen) atoms. The van der Waals surface area contributed by atoms with Crippen molar-refractivity contribution in [3.63, 3.8) is 0 Å². The van der Waals surface area contributed by atoms with E-state index in [1.807, 2.05) is 16.7 Å². The van der Waals surface area contributed by atoms with E-state index in [1.54, 1.807) is 16.1 Å². The Morgan fingerprint density at radius 3 is 2.48 bits per heavy atom. The predicted octanol–water partition coefficient (Wildman–Crippen LogP) is 2.78. The molecule has 0 bridgehead atoms. The fraction of sp³-hybridized carbons (Fsp3) is 0.500. The first kappa shape index (κ1) is 21.2. The highest BCUT2D eigenvalue weighted by Crippen LogP contribution is 2.22. The number of rotatable bonds is 5. The highest BCUT2D eigenvalue weighted by molar-refractivity contribution is 7.99. The Morgan fingerprint density at radius 1 is 1.10 bits per heavy atom. The van der Waals surface area contributed by atoms with E-state index >= 15 is 0 Å². The zero-order chi connectivity index (χ0) is 20.8. The zero-order valence-corrected chi connectivity index (χ0v) is 17.9. The van der Waals surface area contributed by atoms with Gasteiger partial charge in [0.1, 0.15) is 6.33 Å². The minimum atomic E-state index is -0.342. The lowest BCUT2D eigenvalue weighted by molar-refractivity contribution is -0.128. The first-order valence-electron chi connectivity index (χ1n) is 9.73. The van der Waals surface area contributed by atoms with Crippen molar-refractivity contribution >= 4 is 23.8 Å². The Labute approximate surface area is 175 Å². The monoisotopic (exact) mass is 417 g/mol. The van der Waals surface area contributed by atoms with Crippen LogP contribution in [0.25, 0.3) is 5.69 Å². The molecule has 3 rings (SSSR count). The standard InChI is InChI=1S/C20H27N5O3S/c1-15(2)16-5-7-17(8-6-16)25-14-21-22-19(25)29-13-18(26)23-9-4-10-24(12-11-23)20(27)28-3/h5-8,14-15H,4,9-13H2,1-3H3. The summed E-state index contributed by atoms with van der Waals surface area (Å²) >= 11 is 1.37. The van der Waals surface area contributed by atoms with Gasteiger partial charge in [0.05, 0.1) is 12.9 Å². The molecule has 1 aromatic carbocycles. The molecule has 1 fully saturated rings. The molecule has 156 valence electrons. The van der Waals surface area contributed by atoms with Crippen LogP contribution in [0.2, 0.25) is 0 Å². The van der Waals surface area contributed by atoms with E-state index in [4.69, 9.17) is 4.74 Å². The number of amides is 2. The van der Waals surface area contributed by atoms with Gasteiger partial charge in [0.15, 0.2) is 5.16 Å². The first-order chi connectivity index (χ1) is 14.0. The molecule has 2 aromatic rings. The molecule has 0 radical (unpaired) electrons. The van der Waals surface area contributed by atoms with Gasteiger partial charge in [-0.2, -0.15) is 0 Å². The lowest BCUT2D eigenvalue weighted by Gasteiger charge is -2.21. The molecule has 0 saturated carbocycles. The molecule has 0 unspecified atom stereocenters. The summed E-state index contributed by atoms with van der Waals surface area (Å²) in [6.07, 6.45) is 2.06. The van der Waals surface area contributed by atoms with Gasteiger partial charge in [-0.15, -0.1) is 10.2 Å². The summed E-state index contributed by atoms with van der Waals surface area (Å²) in [6.45, 7) is 6.56. The molecule has 8 nitrogen and oxygen atoms in total. The second-order valence-corrected chi connectivity index (χ2v) is 8.15. The van der Waals surface area contributed by atoms with Crippen LogP contribution in [0.1, 0.15) is 31.7 Å². The Balaban J connectivity index is 1.59. The van der Waals surface area contributed by atoms with Crippen LogP contribution in [0.15, 0.2) is 35.7 Å². The number of hydrogen-bond acceptors (Lipinski definition) is 6. The van der Waals surface area contributed by atoms with Crippen LogP contribution in [0.3, 0.4) is 0 Å². The summed E-state index contributed by atoms with van der Waals surface area (Å²) in [6, 6.07) is 8.29. The quantitative estimate of drug-likeness (QED) is 0.696. The Morgan fingerprint density at radius 2 is 1.79 bits per heavy atom. The molecule has 0 spiro atoms. The van der Waals surface area contributed by atoms with Gasteiger partial charge in [-0.1, -0.05) is 37.7 Å². The Kier molecular flexibility index (Phi) is 7.13. The Bertz CT molecular complexity index is 837. The molecule has 1 saturated heterocycles. The predicted molar refractivity (Wildman–Crippen MR) is 111 cm³/mol. The maximum absolute atomic E-state index is 12.7. The van der Waals surface area contributed by atoms with Crippen molar-refractivity contribution in [3.8, 4) is 5.69 Å². The highest BCUT2D eigenvalue weighted by atomic mass is 32.2. The van der Waals surface area contributed by atoms with E-state index in [9.17, 15) is 9.59 Å². The second kappa shape index (κ2) is 9.78. The van der Waals surface area contributed by atoms with Crippen LogP contribution in [0.4, 0.5) is 4.79 Å². The van der Waals surface area contributed by atoms with Gasteiger partial charge in [-0.25, -0.2) is 4.79 Å². The summed E-state index contributed by atoms with van der Waals surface area (Å²) in [7, 11) is 1.37. The average Bonchev–Trinajstić information content (AvgIpc) is 3.06. The normalized spacial score (nSPS) is 14.8. The lowest BCUT2D eigenvalue weighted by Crippen LogP contribution is -2.38. The summed E-state index contributed by atoms with van der Waals surface area (Å²) < 4.78 is 6.67. The molecule has 9 heteroatoms. The number of aromatic nitrogens is 3. The molecule has 0 aliphatic carbocycles. The smallest absolute Gasteiger partial charge is 0.409 e. The second-order valence-electron chi connectivity index (χ2n) is 7.21. The number of ether oxygens (including phenoxy) is 1. The summed E-state index contributed by atoms with van der Waals surface area (Å²) in [5.74, 6) is 0.785. The van der Waals surface area contributed by atoms with Gasteiger partial charge < -0.3 is 14.5 Å². The van der Waals surface area contributed by atoms with Crippen LogP contribution in [-0.2, 0) is 9.53 Å². The van der Waals surface area contributed by atoms with Gasteiger partial charge >= 0.3 is 6.09 Å². The molecule has 2 heterocycles. The molecule has 2 amide bonds. The summed E-state index contributed by atoms with van der Waals surface area (Å²) in [5, 5.41) is 8.86. The van der Waals surface area contributed by atoms with E-state index in [0.717, 1.165) is 12.1 Å². The van der Waals surface area contributed by atoms with E-state index in [2.05, 4.69) is 36.2 Å². The molecule has 1 aromatic heterocycles. The molecule has 1 aliphatic rings. The van der Waals surface area contributed by atoms with Crippen molar-refractivity contribution in [3.05, 3.63) is 36.2 Å². The van der Waals surface area contributed by atoms with Gasteiger partial charge in [0, 0.05) is 31.9 Å². The molecule has 1 aliphatic heterocycles. The molecular weight excluding hydrogens is 390 g/mol. The van der Waals surface area contributed by atoms with Crippen molar-refractivity contribution in [1.82, 2.24) is 24.6 Å². The van der Waals surface area contributed by atoms with Crippen LogP contribution in [0.5, 0.6) is 0 Å². The maximum atomic E-state index is 12.7. The number of hydrogen-bond donors (Lipinski definition) is 0. The van der Waals surface area contributed by atoms with Crippen LogP contribution in [-0.4, -0.2) is 75.6 Å². The molecule has 0 N–H and O–H groups in total. The maximum Gasteiger partial charge on any atom is 0.409 e. The number of nitrogens with zero attached hydrogens (tertiary/aromatic N) is 5. The van der Waals surface area contributed by atoms with Crippen molar-refractivity contribution < 1.29 is 14.3 Å².